The Labute approximate surface area is 90.6 Å². The van der Waals surface area contributed by atoms with Crippen LogP contribution in [0.15, 0.2) is 11.6 Å². The van der Waals surface area contributed by atoms with Gasteiger partial charge in [-0.3, -0.25) is 0 Å². The average Bonchev–Trinajstić information content (AvgIpc) is 2.21. The van der Waals surface area contributed by atoms with Gasteiger partial charge in [-0.15, -0.1) is 0 Å². The molecule has 0 spiro atoms. The van der Waals surface area contributed by atoms with E-state index in [4.69, 9.17) is 14.9 Å². The minimum atomic E-state index is -1.41. The first kappa shape index (κ1) is 14.1. The van der Waals surface area contributed by atoms with Crippen molar-refractivity contribution in [2.24, 2.45) is 0 Å². The fourth-order valence-electron chi connectivity index (χ4n) is 1.03. The van der Waals surface area contributed by atoms with Gasteiger partial charge in [0, 0.05) is 6.61 Å². The van der Waals surface area contributed by atoms with Crippen molar-refractivity contribution in [1.82, 2.24) is 0 Å². The standard InChI is InChI=1S/C11H20O4/c1-3-4-5-7-15-8-6-9(2)10(12)11(13)14/h6,10,12H,3-5,7-8H2,1-2H3,(H,13,14). The number of ether oxygens (including phenoxy) is 1. The first-order chi connectivity index (χ1) is 7.09. The lowest BCUT2D eigenvalue weighted by atomic mass is 10.1. The molecule has 4 nitrogen and oxygen atoms in total. The number of unbranched alkanes of at least 4 members (excludes halogenated alkanes) is 2. The molecule has 88 valence electrons. The third-order valence-electron chi connectivity index (χ3n) is 2.08. The van der Waals surface area contributed by atoms with Crippen molar-refractivity contribution >= 4 is 5.97 Å². The van der Waals surface area contributed by atoms with Gasteiger partial charge in [0.05, 0.1) is 6.61 Å². The fourth-order valence-corrected chi connectivity index (χ4v) is 1.03. The van der Waals surface area contributed by atoms with Gasteiger partial charge in [0.2, 0.25) is 0 Å². The molecule has 0 amide bonds. The number of rotatable bonds is 8. The summed E-state index contributed by atoms with van der Waals surface area (Å²) in [5.74, 6) is -1.23. The molecule has 2 N–H and O–H groups in total. The lowest BCUT2D eigenvalue weighted by molar-refractivity contribution is -0.144. The molecule has 0 aromatic rings. The molecule has 0 saturated carbocycles. The van der Waals surface area contributed by atoms with Gasteiger partial charge in [-0.1, -0.05) is 25.8 Å². The molecule has 0 aliphatic heterocycles. The zero-order valence-electron chi connectivity index (χ0n) is 9.40. The predicted octanol–water partition coefficient (Wildman–Crippen LogP) is 1.58. The van der Waals surface area contributed by atoms with Crippen molar-refractivity contribution < 1.29 is 19.7 Å². The highest BCUT2D eigenvalue weighted by molar-refractivity contribution is 5.75. The predicted molar refractivity (Wildman–Crippen MR) is 57.7 cm³/mol. The van der Waals surface area contributed by atoms with Gasteiger partial charge < -0.3 is 14.9 Å². The quantitative estimate of drug-likeness (QED) is 0.477. The molecule has 4 heteroatoms. The lowest BCUT2D eigenvalue weighted by Gasteiger charge is -2.06. The van der Waals surface area contributed by atoms with Gasteiger partial charge in [-0.25, -0.2) is 4.79 Å². The Bertz CT molecular complexity index is 211. The number of aliphatic carboxylic acids is 1. The molecule has 0 aliphatic rings. The van der Waals surface area contributed by atoms with E-state index in [2.05, 4.69) is 6.92 Å². The number of aliphatic hydroxyl groups is 1. The smallest absolute Gasteiger partial charge is 0.336 e. The van der Waals surface area contributed by atoms with Crippen molar-refractivity contribution in [2.45, 2.75) is 39.2 Å². The number of aliphatic hydroxyl groups excluding tert-OH is 1. The Hall–Kier alpha value is -0.870. The molecule has 0 aliphatic carbocycles. The Balaban J connectivity index is 3.62. The zero-order valence-corrected chi connectivity index (χ0v) is 9.40. The van der Waals surface area contributed by atoms with Gasteiger partial charge in [0.25, 0.3) is 0 Å². The van der Waals surface area contributed by atoms with Crippen LogP contribution < -0.4 is 0 Å². The average molecular weight is 216 g/mol. The minimum Gasteiger partial charge on any atom is -0.479 e. The number of carboxylic acids is 1. The highest BCUT2D eigenvalue weighted by Gasteiger charge is 2.13. The summed E-state index contributed by atoms with van der Waals surface area (Å²) in [6.07, 6.45) is 3.50. The molecule has 0 fully saturated rings. The van der Waals surface area contributed by atoms with Gasteiger partial charge in [-0.2, -0.15) is 0 Å². The van der Waals surface area contributed by atoms with Crippen LogP contribution in [-0.2, 0) is 9.53 Å². The molecule has 1 atom stereocenters. The summed E-state index contributed by atoms with van der Waals surface area (Å²) in [5.41, 5.74) is 0.415. The second kappa shape index (κ2) is 8.44. The largest absolute Gasteiger partial charge is 0.479 e. The molecule has 0 rings (SSSR count). The van der Waals surface area contributed by atoms with Crippen molar-refractivity contribution in [2.75, 3.05) is 13.2 Å². The second-order valence-corrected chi connectivity index (χ2v) is 3.47. The van der Waals surface area contributed by atoms with E-state index in [1.165, 1.54) is 0 Å². The van der Waals surface area contributed by atoms with Crippen molar-refractivity contribution in [3.05, 3.63) is 11.6 Å². The van der Waals surface area contributed by atoms with Crippen LogP contribution >= 0.6 is 0 Å². The Morgan fingerprint density at radius 2 is 2.13 bits per heavy atom. The SMILES string of the molecule is CCCCCOCC=C(C)C(O)C(=O)O. The van der Waals surface area contributed by atoms with Crippen LogP contribution in [-0.4, -0.2) is 35.5 Å². The molecular formula is C11H20O4. The molecule has 0 aromatic carbocycles. The summed E-state index contributed by atoms with van der Waals surface area (Å²) in [4.78, 5) is 10.4. The van der Waals surface area contributed by atoms with E-state index in [0.717, 1.165) is 19.3 Å². The van der Waals surface area contributed by atoms with E-state index in [9.17, 15) is 4.79 Å². The minimum absolute atomic E-state index is 0.361. The molecule has 0 heterocycles. The van der Waals surface area contributed by atoms with E-state index in [1.807, 2.05) is 0 Å². The summed E-state index contributed by atoms with van der Waals surface area (Å²) in [6, 6.07) is 0. The van der Waals surface area contributed by atoms with E-state index < -0.39 is 12.1 Å². The summed E-state index contributed by atoms with van der Waals surface area (Å²) in [7, 11) is 0. The summed E-state index contributed by atoms with van der Waals surface area (Å²) >= 11 is 0. The Morgan fingerprint density at radius 1 is 1.47 bits per heavy atom. The second-order valence-electron chi connectivity index (χ2n) is 3.47. The van der Waals surface area contributed by atoms with Crippen molar-refractivity contribution in [3.63, 3.8) is 0 Å². The normalized spacial score (nSPS) is 13.9. The van der Waals surface area contributed by atoms with Crippen molar-refractivity contribution in [1.29, 1.82) is 0 Å². The maximum Gasteiger partial charge on any atom is 0.336 e. The third kappa shape index (κ3) is 7.11. The number of hydrogen-bond donors (Lipinski definition) is 2. The van der Waals surface area contributed by atoms with Gasteiger partial charge in [0.1, 0.15) is 0 Å². The first-order valence-corrected chi connectivity index (χ1v) is 5.24. The lowest BCUT2D eigenvalue weighted by Crippen LogP contribution is -2.20. The number of carboxylic acid groups (broad SMARTS) is 1. The number of hydrogen-bond acceptors (Lipinski definition) is 3. The fraction of sp³-hybridized carbons (Fsp3) is 0.727. The van der Waals surface area contributed by atoms with Gasteiger partial charge in [0.15, 0.2) is 6.10 Å². The van der Waals surface area contributed by atoms with E-state index in [1.54, 1.807) is 13.0 Å². The topological polar surface area (TPSA) is 66.8 Å². The molecule has 0 radical (unpaired) electrons. The van der Waals surface area contributed by atoms with Crippen LogP contribution in [0.1, 0.15) is 33.1 Å². The molecule has 15 heavy (non-hydrogen) atoms. The van der Waals surface area contributed by atoms with Crippen LogP contribution in [0.5, 0.6) is 0 Å². The van der Waals surface area contributed by atoms with E-state index in [-0.39, 0.29) is 0 Å². The summed E-state index contributed by atoms with van der Waals surface area (Å²) in [6.45, 7) is 4.74. The maximum atomic E-state index is 10.4. The van der Waals surface area contributed by atoms with Crippen LogP contribution in [0, 0.1) is 0 Å². The molecule has 0 saturated heterocycles. The first-order valence-electron chi connectivity index (χ1n) is 5.24. The molecule has 0 bridgehead atoms. The number of carbonyl (C=O) groups is 1. The summed E-state index contributed by atoms with van der Waals surface area (Å²) in [5, 5.41) is 17.6. The molecular weight excluding hydrogens is 196 g/mol. The van der Waals surface area contributed by atoms with Gasteiger partial charge >= 0.3 is 5.97 Å². The van der Waals surface area contributed by atoms with Crippen LogP contribution in [0.25, 0.3) is 0 Å². The summed E-state index contributed by atoms with van der Waals surface area (Å²) < 4.78 is 5.26. The van der Waals surface area contributed by atoms with Crippen molar-refractivity contribution in [3.8, 4) is 0 Å². The van der Waals surface area contributed by atoms with Crippen LogP contribution in [0.4, 0.5) is 0 Å². The molecule has 0 aromatic heterocycles. The van der Waals surface area contributed by atoms with Crippen LogP contribution in [0.3, 0.4) is 0 Å². The Morgan fingerprint density at radius 3 is 2.67 bits per heavy atom. The maximum absolute atomic E-state index is 10.4. The van der Waals surface area contributed by atoms with E-state index >= 15 is 0 Å². The monoisotopic (exact) mass is 216 g/mol. The van der Waals surface area contributed by atoms with Gasteiger partial charge in [-0.05, 0) is 18.9 Å². The third-order valence-corrected chi connectivity index (χ3v) is 2.08. The Kier molecular flexibility index (Phi) is 7.95. The van der Waals surface area contributed by atoms with E-state index in [0.29, 0.717) is 18.8 Å². The molecule has 1 unspecified atom stereocenters. The highest BCUT2D eigenvalue weighted by Crippen LogP contribution is 2.01. The van der Waals surface area contributed by atoms with Crippen LogP contribution in [0.2, 0.25) is 0 Å². The zero-order chi connectivity index (χ0) is 11.7. The highest BCUT2D eigenvalue weighted by atomic mass is 16.5.